The molecule has 37 heavy (non-hydrogen) atoms. The summed E-state index contributed by atoms with van der Waals surface area (Å²) in [5, 5.41) is 2.60. The molecule has 0 spiro atoms. The average molecular weight is 518 g/mol. The lowest BCUT2D eigenvalue weighted by Gasteiger charge is -2.15. The van der Waals surface area contributed by atoms with E-state index in [1.165, 1.54) is 30.0 Å². The number of nitrogens with zero attached hydrogens (tertiary/aromatic N) is 1. The number of nitrogens with two attached hydrogens (primary N) is 1. The number of hydrogen-bond donors (Lipinski definition) is 2. The van der Waals surface area contributed by atoms with Crippen LogP contribution in [0.25, 0.3) is 0 Å². The van der Waals surface area contributed by atoms with Gasteiger partial charge in [-0.3, -0.25) is 14.4 Å². The summed E-state index contributed by atoms with van der Waals surface area (Å²) in [4.78, 5) is 37.1. The van der Waals surface area contributed by atoms with Crippen LogP contribution >= 0.6 is 0 Å². The summed E-state index contributed by atoms with van der Waals surface area (Å²) in [6, 6.07) is 12.9. The van der Waals surface area contributed by atoms with Crippen molar-refractivity contribution in [3.8, 4) is 5.75 Å². The van der Waals surface area contributed by atoms with Gasteiger partial charge in [0, 0.05) is 6.20 Å². The fourth-order valence-corrected chi connectivity index (χ4v) is 3.53. The minimum atomic E-state index is -4.79. The Morgan fingerprint density at radius 3 is 2.19 bits per heavy atom. The standard InChI is InChI=1S/C26H26F3N3O5/c1-16-11-12-32(15-19-7-9-20(10-8-19)37-26(27,28)29)25(35)23(16)31-24(34)21(30)13-17-3-5-18(6-4-17)14-22(33)36-2/h3-12,21H,13-15,30H2,1-2H3,(H,31,34). The third kappa shape index (κ3) is 7.94. The fourth-order valence-electron chi connectivity index (χ4n) is 3.53. The number of carbonyl (C=O) groups is 2. The fraction of sp³-hybridized carbons (Fsp3) is 0.269. The molecule has 3 rings (SSSR count). The third-order valence-corrected chi connectivity index (χ3v) is 5.52. The number of aryl methyl sites for hydroxylation is 1. The zero-order chi connectivity index (χ0) is 27.2. The molecule has 196 valence electrons. The van der Waals surface area contributed by atoms with Crippen molar-refractivity contribution in [2.75, 3.05) is 12.4 Å². The van der Waals surface area contributed by atoms with Crippen molar-refractivity contribution in [2.24, 2.45) is 5.73 Å². The van der Waals surface area contributed by atoms with Gasteiger partial charge >= 0.3 is 12.3 Å². The van der Waals surface area contributed by atoms with Crippen LogP contribution in [0.1, 0.15) is 22.3 Å². The lowest BCUT2D eigenvalue weighted by molar-refractivity contribution is -0.274. The Kier molecular flexibility index (Phi) is 8.72. The van der Waals surface area contributed by atoms with E-state index < -0.39 is 23.9 Å². The number of nitrogens with one attached hydrogen (secondary N) is 1. The molecule has 1 heterocycles. The molecule has 11 heteroatoms. The maximum atomic E-state index is 13.0. The van der Waals surface area contributed by atoms with E-state index in [-0.39, 0.29) is 36.8 Å². The molecule has 0 fully saturated rings. The largest absolute Gasteiger partial charge is 0.573 e. The number of carbonyl (C=O) groups excluding carboxylic acids is 2. The first kappa shape index (κ1) is 27.5. The van der Waals surface area contributed by atoms with Gasteiger partial charge < -0.3 is 25.1 Å². The summed E-state index contributed by atoms with van der Waals surface area (Å²) in [5.74, 6) is -1.28. The molecule has 0 aliphatic heterocycles. The molecular formula is C26H26F3N3O5. The van der Waals surface area contributed by atoms with Crippen LogP contribution in [0.3, 0.4) is 0 Å². The van der Waals surface area contributed by atoms with Crippen LogP contribution in [0.5, 0.6) is 5.75 Å². The minimum Gasteiger partial charge on any atom is -0.469 e. The molecule has 0 bridgehead atoms. The summed E-state index contributed by atoms with van der Waals surface area (Å²) >= 11 is 0. The lowest BCUT2D eigenvalue weighted by Crippen LogP contribution is -2.39. The van der Waals surface area contributed by atoms with Gasteiger partial charge in [-0.05, 0) is 53.8 Å². The van der Waals surface area contributed by atoms with Crippen molar-refractivity contribution in [1.82, 2.24) is 4.57 Å². The van der Waals surface area contributed by atoms with Gasteiger partial charge in [0.1, 0.15) is 11.4 Å². The van der Waals surface area contributed by atoms with Crippen LogP contribution in [-0.4, -0.2) is 36.0 Å². The average Bonchev–Trinajstić information content (AvgIpc) is 2.84. The van der Waals surface area contributed by atoms with Gasteiger partial charge in [-0.1, -0.05) is 36.4 Å². The van der Waals surface area contributed by atoms with Crippen LogP contribution in [0.4, 0.5) is 18.9 Å². The Labute approximate surface area is 210 Å². The normalized spacial score (nSPS) is 12.1. The Morgan fingerprint density at radius 2 is 1.59 bits per heavy atom. The molecule has 1 aromatic heterocycles. The molecule has 1 amide bonds. The predicted octanol–water partition coefficient (Wildman–Crippen LogP) is 3.33. The minimum absolute atomic E-state index is 0.0633. The molecule has 8 nitrogen and oxygen atoms in total. The molecule has 0 saturated heterocycles. The van der Waals surface area contributed by atoms with E-state index in [4.69, 9.17) is 5.73 Å². The maximum Gasteiger partial charge on any atom is 0.573 e. The Morgan fingerprint density at radius 1 is 1.00 bits per heavy atom. The number of halogens is 3. The van der Waals surface area contributed by atoms with Crippen LogP contribution < -0.4 is 21.3 Å². The van der Waals surface area contributed by atoms with Crippen molar-refractivity contribution >= 4 is 17.6 Å². The van der Waals surface area contributed by atoms with Crippen molar-refractivity contribution in [2.45, 2.75) is 38.7 Å². The van der Waals surface area contributed by atoms with Crippen molar-refractivity contribution in [3.05, 3.63) is 93.4 Å². The quantitative estimate of drug-likeness (QED) is 0.421. The van der Waals surface area contributed by atoms with E-state index in [2.05, 4.69) is 14.8 Å². The Bertz CT molecular complexity index is 1300. The highest BCUT2D eigenvalue weighted by Gasteiger charge is 2.31. The van der Waals surface area contributed by atoms with E-state index in [9.17, 15) is 27.6 Å². The summed E-state index contributed by atoms with van der Waals surface area (Å²) in [6.45, 7) is 1.73. The molecule has 0 aliphatic rings. The SMILES string of the molecule is COC(=O)Cc1ccc(CC(N)C(=O)Nc2c(C)ccn(Cc3ccc(OC(F)(F)F)cc3)c2=O)cc1. The van der Waals surface area contributed by atoms with Gasteiger partial charge in [-0.25, -0.2) is 0 Å². The number of benzene rings is 2. The number of anilines is 1. The number of alkyl halides is 3. The van der Waals surface area contributed by atoms with E-state index in [0.717, 1.165) is 23.3 Å². The zero-order valence-electron chi connectivity index (χ0n) is 20.2. The number of ether oxygens (including phenoxy) is 2. The number of methoxy groups -OCH3 is 1. The van der Waals surface area contributed by atoms with Crippen molar-refractivity contribution < 1.29 is 32.2 Å². The highest BCUT2D eigenvalue weighted by atomic mass is 19.4. The molecule has 1 atom stereocenters. The van der Waals surface area contributed by atoms with Crippen LogP contribution in [-0.2, 0) is 33.7 Å². The molecule has 1 unspecified atom stereocenters. The highest BCUT2D eigenvalue weighted by Crippen LogP contribution is 2.23. The number of amides is 1. The van der Waals surface area contributed by atoms with Gasteiger partial charge in [0.2, 0.25) is 5.91 Å². The molecule has 3 N–H and O–H groups in total. The van der Waals surface area contributed by atoms with E-state index >= 15 is 0 Å². The number of aromatic nitrogens is 1. The predicted molar refractivity (Wildman–Crippen MR) is 130 cm³/mol. The van der Waals surface area contributed by atoms with E-state index in [1.807, 2.05) is 0 Å². The molecule has 0 aliphatic carbocycles. The number of esters is 1. The third-order valence-electron chi connectivity index (χ3n) is 5.52. The van der Waals surface area contributed by atoms with E-state index in [1.54, 1.807) is 37.3 Å². The first-order valence-electron chi connectivity index (χ1n) is 11.2. The first-order valence-corrected chi connectivity index (χ1v) is 11.2. The monoisotopic (exact) mass is 517 g/mol. The van der Waals surface area contributed by atoms with Crippen LogP contribution in [0.15, 0.2) is 65.6 Å². The van der Waals surface area contributed by atoms with Gasteiger partial charge in [-0.2, -0.15) is 0 Å². The summed E-state index contributed by atoms with van der Waals surface area (Å²) < 4.78 is 46.9. The van der Waals surface area contributed by atoms with Crippen molar-refractivity contribution in [1.29, 1.82) is 0 Å². The first-order chi connectivity index (χ1) is 17.4. The smallest absolute Gasteiger partial charge is 0.469 e. The number of rotatable bonds is 9. The number of hydrogen-bond acceptors (Lipinski definition) is 6. The Balaban J connectivity index is 1.67. The molecule has 0 saturated carbocycles. The van der Waals surface area contributed by atoms with Gasteiger partial charge in [0.25, 0.3) is 5.56 Å². The van der Waals surface area contributed by atoms with Gasteiger partial charge in [0.05, 0.1) is 26.1 Å². The zero-order valence-corrected chi connectivity index (χ0v) is 20.2. The highest BCUT2D eigenvalue weighted by molar-refractivity contribution is 5.95. The topological polar surface area (TPSA) is 113 Å². The van der Waals surface area contributed by atoms with Gasteiger partial charge in [-0.15, -0.1) is 13.2 Å². The molecule has 2 aromatic carbocycles. The second-order valence-corrected chi connectivity index (χ2v) is 8.37. The molecule has 3 aromatic rings. The molecule has 0 radical (unpaired) electrons. The maximum absolute atomic E-state index is 13.0. The van der Waals surface area contributed by atoms with Gasteiger partial charge in [0.15, 0.2) is 0 Å². The number of pyridine rings is 1. The second kappa shape index (κ2) is 11.7. The van der Waals surface area contributed by atoms with Crippen molar-refractivity contribution in [3.63, 3.8) is 0 Å². The molecular weight excluding hydrogens is 491 g/mol. The Hall–Kier alpha value is -4.12. The van der Waals surface area contributed by atoms with Crippen LogP contribution in [0, 0.1) is 6.92 Å². The summed E-state index contributed by atoms with van der Waals surface area (Å²) in [5.41, 5.74) is 8.28. The van der Waals surface area contributed by atoms with E-state index in [0.29, 0.717) is 11.1 Å². The second-order valence-electron chi connectivity index (χ2n) is 8.37. The van der Waals surface area contributed by atoms with Crippen LogP contribution in [0.2, 0.25) is 0 Å². The summed E-state index contributed by atoms with van der Waals surface area (Å²) in [7, 11) is 1.31. The summed E-state index contributed by atoms with van der Waals surface area (Å²) in [6.07, 6.45) is -2.92. The lowest BCUT2D eigenvalue weighted by atomic mass is 10.0.